The second-order valence-corrected chi connectivity index (χ2v) is 7.49. The van der Waals surface area contributed by atoms with Crippen molar-refractivity contribution in [1.82, 2.24) is 24.8 Å². The molecule has 1 aliphatic carbocycles. The number of fused-ring (bicyclic) bond motifs is 3. The minimum atomic E-state index is -0.241. The van der Waals surface area contributed by atoms with Crippen LogP contribution in [0.15, 0.2) is 43.0 Å². The summed E-state index contributed by atoms with van der Waals surface area (Å²) in [5.74, 6) is 0.745. The first-order valence-corrected chi connectivity index (χ1v) is 9.52. The van der Waals surface area contributed by atoms with Crippen molar-refractivity contribution >= 4 is 28.8 Å². The quantitative estimate of drug-likeness (QED) is 0.730. The summed E-state index contributed by atoms with van der Waals surface area (Å²) in [4.78, 5) is 37.5. The monoisotopic (exact) mass is 376 g/mol. The number of hydrogen-bond donors (Lipinski definition) is 2. The number of benzene rings is 1. The van der Waals surface area contributed by atoms with Crippen molar-refractivity contribution in [2.45, 2.75) is 37.8 Å². The molecule has 8 nitrogen and oxygen atoms in total. The molecule has 1 saturated carbocycles. The van der Waals surface area contributed by atoms with Crippen molar-refractivity contribution in [3.05, 3.63) is 48.5 Å². The van der Waals surface area contributed by atoms with Crippen LogP contribution in [0.2, 0.25) is 0 Å². The highest BCUT2D eigenvalue weighted by molar-refractivity contribution is 6.06. The zero-order valence-corrected chi connectivity index (χ0v) is 15.2. The molecule has 142 valence electrons. The van der Waals surface area contributed by atoms with Gasteiger partial charge in [-0.05, 0) is 37.3 Å². The summed E-state index contributed by atoms with van der Waals surface area (Å²) < 4.78 is 2.02. The fourth-order valence-electron chi connectivity index (χ4n) is 4.40. The van der Waals surface area contributed by atoms with E-state index in [4.69, 9.17) is 0 Å². The summed E-state index contributed by atoms with van der Waals surface area (Å²) in [5, 5.41) is 5.95. The molecule has 2 fully saturated rings. The van der Waals surface area contributed by atoms with Gasteiger partial charge in [0.2, 0.25) is 5.91 Å². The lowest BCUT2D eigenvalue weighted by Gasteiger charge is -2.40. The Labute approximate surface area is 161 Å². The van der Waals surface area contributed by atoms with Crippen LogP contribution in [-0.2, 0) is 4.79 Å². The van der Waals surface area contributed by atoms with Gasteiger partial charge in [0.15, 0.2) is 17.0 Å². The molecule has 2 N–H and O–H groups in total. The number of piperidine rings is 1. The Bertz CT molecular complexity index is 1050. The number of aromatic nitrogens is 4. The van der Waals surface area contributed by atoms with Crippen LogP contribution in [0.4, 0.5) is 5.82 Å². The smallest absolute Gasteiger partial charge is 0.256 e. The Hall–Kier alpha value is -3.29. The first-order chi connectivity index (χ1) is 13.7. The van der Waals surface area contributed by atoms with Gasteiger partial charge in [0.05, 0.1) is 12.4 Å². The average molecular weight is 376 g/mol. The van der Waals surface area contributed by atoms with E-state index in [1.54, 1.807) is 18.5 Å². The molecule has 0 spiro atoms. The van der Waals surface area contributed by atoms with Crippen molar-refractivity contribution in [2.75, 3.05) is 5.32 Å². The topological polar surface area (TPSA) is 102 Å². The van der Waals surface area contributed by atoms with Gasteiger partial charge in [0.1, 0.15) is 6.33 Å². The molecule has 5 rings (SSSR count). The Morgan fingerprint density at radius 1 is 1.14 bits per heavy atom. The van der Waals surface area contributed by atoms with E-state index in [1.165, 1.54) is 6.33 Å². The Morgan fingerprint density at radius 2 is 2.00 bits per heavy atom. The number of carbonyl (C=O) groups excluding carboxylic acids is 2. The van der Waals surface area contributed by atoms with Crippen LogP contribution >= 0.6 is 0 Å². The summed E-state index contributed by atoms with van der Waals surface area (Å²) in [6.45, 7) is 0. The molecule has 3 atom stereocenters. The Kier molecular flexibility index (Phi) is 4.03. The average Bonchev–Trinajstić information content (AvgIpc) is 3.13. The lowest BCUT2D eigenvalue weighted by Crippen LogP contribution is -2.49. The Morgan fingerprint density at radius 3 is 2.86 bits per heavy atom. The van der Waals surface area contributed by atoms with Crippen LogP contribution in [0.25, 0.3) is 11.2 Å². The largest absolute Gasteiger partial charge is 0.351 e. The van der Waals surface area contributed by atoms with Gasteiger partial charge in [-0.3, -0.25) is 9.59 Å². The van der Waals surface area contributed by atoms with Gasteiger partial charge in [-0.15, -0.1) is 0 Å². The molecule has 3 unspecified atom stereocenters. The van der Waals surface area contributed by atoms with Crippen molar-refractivity contribution in [3.8, 4) is 0 Å². The van der Waals surface area contributed by atoms with Gasteiger partial charge in [-0.25, -0.2) is 15.0 Å². The fourth-order valence-corrected chi connectivity index (χ4v) is 4.40. The van der Waals surface area contributed by atoms with Crippen LogP contribution in [0.5, 0.6) is 0 Å². The predicted octanol–water partition coefficient (Wildman–Crippen LogP) is 2.31. The van der Waals surface area contributed by atoms with E-state index in [0.717, 1.165) is 19.3 Å². The minimum Gasteiger partial charge on any atom is -0.351 e. The molecule has 2 aliphatic rings. The summed E-state index contributed by atoms with van der Waals surface area (Å²) in [7, 11) is 0. The minimum absolute atomic E-state index is 0.0923. The van der Waals surface area contributed by atoms with E-state index < -0.39 is 0 Å². The molecular weight excluding hydrogens is 356 g/mol. The maximum Gasteiger partial charge on any atom is 0.256 e. The highest BCUT2D eigenvalue weighted by Gasteiger charge is 2.38. The van der Waals surface area contributed by atoms with Gasteiger partial charge in [-0.2, -0.15) is 0 Å². The van der Waals surface area contributed by atoms with Gasteiger partial charge in [0, 0.05) is 18.0 Å². The molecular formula is C20H20N6O2. The molecule has 3 heterocycles. The molecule has 1 aliphatic heterocycles. The van der Waals surface area contributed by atoms with E-state index in [0.29, 0.717) is 34.9 Å². The second kappa shape index (κ2) is 6.70. The fraction of sp³-hybridized carbons (Fsp3) is 0.350. The third-order valence-electron chi connectivity index (χ3n) is 5.73. The van der Waals surface area contributed by atoms with E-state index in [2.05, 4.69) is 25.6 Å². The highest BCUT2D eigenvalue weighted by atomic mass is 16.2. The van der Waals surface area contributed by atoms with Crippen LogP contribution in [0.3, 0.4) is 0 Å². The molecule has 28 heavy (non-hydrogen) atoms. The standard InChI is InChI=1S/C20H20N6O2/c27-16-9-12-6-7-15(14(8-12)24-16)26-11-23-17-18(21-10-22-19(17)26)25-20(28)13-4-2-1-3-5-13/h1-5,10-12,14-15H,6-9H2,(H,24,27)(H,21,22,25,28). The SMILES string of the molecule is O=C1CC2CCC(n3cnc4c(NC(=O)c5ccccc5)ncnc43)C(C2)N1. The number of hydrogen-bond acceptors (Lipinski definition) is 5. The summed E-state index contributed by atoms with van der Waals surface area (Å²) in [5.41, 5.74) is 1.77. The van der Waals surface area contributed by atoms with E-state index in [9.17, 15) is 9.59 Å². The third kappa shape index (κ3) is 2.90. The molecule has 2 bridgehead atoms. The first-order valence-electron chi connectivity index (χ1n) is 9.52. The number of carbonyl (C=O) groups is 2. The van der Waals surface area contributed by atoms with Crippen molar-refractivity contribution in [3.63, 3.8) is 0 Å². The summed E-state index contributed by atoms with van der Waals surface area (Å²) >= 11 is 0. The molecule has 2 amide bonds. The number of rotatable bonds is 3. The molecule has 1 aromatic carbocycles. The van der Waals surface area contributed by atoms with Crippen molar-refractivity contribution < 1.29 is 9.59 Å². The van der Waals surface area contributed by atoms with Crippen LogP contribution in [0.1, 0.15) is 42.1 Å². The normalized spacial score (nSPS) is 24.0. The second-order valence-electron chi connectivity index (χ2n) is 7.49. The van der Waals surface area contributed by atoms with Gasteiger partial charge >= 0.3 is 0 Å². The van der Waals surface area contributed by atoms with Crippen molar-refractivity contribution in [2.24, 2.45) is 5.92 Å². The first kappa shape index (κ1) is 16.9. The van der Waals surface area contributed by atoms with Gasteiger partial charge in [0.25, 0.3) is 5.91 Å². The van der Waals surface area contributed by atoms with E-state index >= 15 is 0 Å². The number of anilines is 1. The highest BCUT2D eigenvalue weighted by Crippen LogP contribution is 2.38. The zero-order valence-electron chi connectivity index (χ0n) is 15.2. The lowest BCUT2D eigenvalue weighted by molar-refractivity contribution is -0.126. The summed E-state index contributed by atoms with van der Waals surface area (Å²) in [6, 6.07) is 9.18. The number of nitrogens with one attached hydrogen (secondary N) is 2. The predicted molar refractivity (Wildman–Crippen MR) is 103 cm³/mol. The maximum atomic E-state index is 12.5. The summed E-state index contributed by atoms with van der Waals surface area (Å²) in [6.07, 6.45) is 6.79. The van der Waals surface area contributed by atoms with Crippen LogP contribution in [-0.4, -0.2) is 37.4 Å². The van der Waals surface area contributed by atoms with Crippen LogP contribution in [0, 0.1) is 5.92 Å². The van der Waals surface area contributed by atoms with Crippen molar-refractivity contribution in [1.29, 1.82) is 0 Å². The number of amides is 2. The molecule has 3 aromatic rings. The van der Waals surface area contributed by atoms with Gasteiger partial charge < -0.3 is 15.2 Å². The molecule has 1 saturated heterocycles. The lowest BCUT2D eigenvalue weighted by atomic mass is 9.77. The zero-order chi connectivity index (χ0) is 19.1. The molecule has 0 radical (unpaired) electrons. The van der Waals surface area contributed by atoms with E-state index in [-0.39, 0.29) is 23.9 Å². The third-order valence-corrected chi connectivity index (χ3v) is 5.73. The maximum absolute atomic E-state index is 12.5. The van der Waals surface area contributed by atoms with Crippen LogP contribution < -0.4 is 10.6 Å². The number of imidazole rings is 1. The number of nitrogens with zero attached hydrogens (tertiary/aromatic N) is 4. The van der Waals surface area contributed by atoms with Gasteiger partial charge in [-0.1, -0.05) is 18.2 Å². The molecule has 8 heteroatoms. The molecule has 2 aromatic heterocycles. The van der Waals surface area contributed by atoms with E-state index in [1.807, 2.05) is 22.8 Å². The Balaban J connectivity index is 1.46.